The number of hydrogen-bond donors (Lipinski definition) is 0. The van der Waals surface area contributed by atoms with Crippen LogP contribution in [0.15, 0.2) is 47.8 Å². The van der Waals surface area contributed by atoms with Crippen molar-refractivity contribution in [2.24, 2.45) is 0 Å². The number of thioether (sulfide) groups is 1. The molecule has 3 aromatic rings. The summed E-state index contributed by atoms with van der Waals surface area (Å²) >= 11 is 7.34. The van der Waals surface area contributed by atoms with Crippen molar-refractivity contribution in [2.45, 2.75) is 17.1 Å². The van der Waals surface area contributed by atoms with Crippen LogP contribution < -0.4 is 0 Å². The van der Waals surface area contributed by atoms with E-state index in [4.69, 9.17) is 11.6 Å². The molecule has 0 aliphatic heterocycles. The van der Waals surface area contributed by atoms with Crippen LogP contribution in [0.2, 0.25) is 5.02 Å². The van der Waals surface area contributed by atoms with Crippen LogP contribution in [0, 0.1) is 0 Å². The number of rotatable bonds is 3. The standard InChI is InChI=1S/C14H9ClF3N3S/c15-11-4-2-1-3-9(11)8-22-13-20-19-12-6-5-10(7-21(12)13)14(16,17)18/h1-7H,8H2. The molecule has 0 N–H and O–H groups in total. The molecule has 0 spiro atoms. The SMILES string of the molecule is FC(F)(F)c1ccc2nnc(SCc3ccccc3Cl)n2c1. The van der Waals surface area contributed by atoms with Crippen molar-refractivity contribution in [3.63, 3.8) is 0 Å². The first-order valence-electron chi connectivity index (χ1n) is 6.23. The Morgan fingerprint density at radius 2 is 1.86 bits per heavy atom. The van der Waals surface area contributed by atoms with Gasteiger partial charge in [-0.3, -0.25) is 4.40 Å². The van der Waals surface area contributed by atoms with Crippen LogP contribution in [0.25, 0.3) is 5.65 Å². The Hall–Kier alpha value is -1.73. The Morgan fingerprint density at radius 3 is 2.59 bits per heavy atom. The average Bonchev–Trinajstić information content (AvgIpc) is 2.88. The van der Waals surface area contributed by atoms with Gasteiger partial charge in [0.1, 0.15) is 0 Å². The zero-order chi connectivity index (χ0) is 15.7. The molecule has 8 heteroatoms. The highest BCUT2D eigenvalue weighted by molar-refractivity contribution is 7.98. The lowest BCUT2D eigenvalue weighted by Crippen LogP contribution is -2.06. The first-order valence-corrected chi connectivity index (χ1v) is 7.60. The molecular formula is C14H9ClF3N3S. The highest BCUT2D eigenvalue weighted by Gasteiger charge is 2.31. The van der Waals surface area contributed by atoms with Gasteiger partial charge in [0.2, 0.25) is 0 Å². The first-order chi connectivity index (χ1) is 10.4. The molecule has 2 heterocycles. The van der Waals surface area contributed by atoms with Crippen LogP contribution in [0.4, 0.5) is 13.2 Å². The predicted molar refractivity (Wildman–Crippen MR) is 79.0 cm³/mol. The maximum atomic E-state index is 12.8. The Balaban J connectivity index is 1.89. The monoisotopic (exact) mass is 343 g/mol. The number of hydrogen-bond acceptors (Lipinski definition) is 3. The zero-order valence-electron chi connectivity index (χ0n) is 11.0. The van der Waals surface area contributed by atoms with Crippen molar-refractivity contribution in [1.29, 1.82) is 0 Å². The van der Waals surface area contributed by atoms with Crippen LogP contribution in [0.5, 0.6) is 0 Å². The number of nitrogens with zero attached hydrogens (tertiary/aromatic N) is 3. The molecule has 0 unspecified atom stereocenters. The summed E-state index contributed by atoms with van der Waals surface area (Å²) in [5.41, 5.74) is 0.520. The molecule has 3 rings (SSSR count). The summed E-state index contributed by atoms with van der Waals surface area (Å²) in [6, 6.07) is 9.59. The molecule has 0 bridgehead atoms. The molecule has 0 saturated carbocycles. The van der Waals surface area contributed by atoms with E-state index in [9.17, 15) is 13.2 Å². The lowest BCUT2D eigenvalue weighted by molar-refractivity contribution is -0.137. The molecule has 0 fully saturated rings. The average molecular weight is 344 g/mol. The summed E-state index contributed by atoms with van der Waals surface area (Å²) in [6.45, 7) is 0. The second-order valence-corrected chi connectivity index (χ2v) is 5.86. The van der Waals surface area contributed by atoms with E-state index in [1.54, 1.807) is 6.07 Å². The highest BCUT2D eigenvalue weighted by Crippen LogP contribution is 2.31. The zero-order valence-corrected chi connectivity index (χ0v) is 12.6. The maximum Gasteiger partial charge on any atom is 0.417 e. The third-order valence-electron chi connectivity index (χ3n) is 3.01. The highest BCUT2D eigenvalue weighted by atomic mass is 35.5. The molecule has 0 amide bonds. The van der Waals surface area contributed by atoms with E-state index in [0.29, 0.717) is 21.6 Å². The number of benzene rings is 1. The molecule has 0 aliphatic rings. The van der Waals surface area contributed by atoms with Crippen molar-refractivity contribution in [3.05, 3.63) is 58.7 Å². The third kappa shape index (κ3) is 3.05. The fourth-order valence-electron chi connectivity index (χ4n) is 1.89. The quantitative estimate of drug-likeness (QED) is 0.646. The lowest BCUT2D eigenvalue weighted by Gasteiger charge is -2.07. The van der Waals surface area contributed by atoms with Gasteiger partial charge >= 0.3 is 6.18 Å². The molecular weight excluding hydrogens is 335 g/mol. The third-order valence-corrected chi connectivity index (χ3v) is 4.37. The summed E-state index contributed by atoms with van der Waals surface area (Å²) in [5, 5.41) is 8.80. The van der Waals surface area contributed by atoms with Gasteiger partial charge in [-0.25, -0.2) is 0 Å². The lowest BCUT2D eigenvalue weighted by atomic mass is 10.2. The molecule has 2 aromatic heterocycles. The smallest absolute Gasteiger partial charge is 0.277 e. The van der Waals surface area contributed by atoms with Crippen LogP contribution >= 0.6 is 23.4 Å². The topological polar surface area (TPSA) is 30.2 Å². The van der Waals surface area contributed by atoms with E-state index >= 15 is 0 Å². The molecule has 1 aromatic carbocycles. The molecule has 0 radical (unpaired) electrons. The Kier molecular flexibility index (Phi) is 4.01. The second kappa shape index (κ2) is 5.81. The number of fused-ring (bicyclic) bond motifs is 1. The predicted octanol–water partition coefficient (Wildman–Crippen LogP) is 4.69. The van der Waals surface area contributed by atoms with E-state index in [1.807, 2.05) is 18.2 Å². The Bertz CT molecular complexity index is 816. The molecule has 0 atom stereocenters. The Morgan fingerprint density at radius 1 is 1.09 bits per heavy atom. The van der Waals surface area contributed by atoms with Crippen molar-refractivity contribution in [1.82, 2.24) is 14.6 Å². The van der Waals surface area contributed by atoms with E-state index in [0.717, 1.165) is 17.8 Å². The fourth-order valence-corrected chi connectivity index (χ4v) is 3.10. The molecule has 0 saturated heterocycles. The van der Waals surface area contributed by atoms with Gasteiger partial charge in [0, 0.05) is 17.0 Å². The minimum atomic E-state index is -4.40. The van der Waals surface area contributed by atoms with Gasteiger partial charge in [0.15, 0.2) is 10.8 Å². The van der Waals surface area contributed by atoms with Crippen LogP contribution in [0.1, 0.15) is 11.1 Å². The van der Waals surface area contributed by atoms with Gasteiger partial charge in [-0.1, -0.05) is 41.6 Å². The molecule has 3 nitrogen and oxygen atoms in total. The summed E-state index contributed by atoms with van der Waals surface area (Å²) < 4.78 is 39.7. The van der Waals surface area contributed by atoms with E-state index < -0.39 is 11.7 Å². The Labute approximate surface area is 133 Å². The van der Waals surface area contributed by atoms with Crippen molar-refractivity contribution in [2.75, 3.05) is 0 Å². The van der Waals surface area contributed by atoms with Gasteiger partial charge in [-0.05, 0) is 23.8 Å². The first kappa shape index (κ1) is 15.2. The van der Waals surface area contributed by atoms with Gasteiger partial charge in [0.05, 0.1) is 5.56 Å². The number of aromatic nitrogens is 3. The van der Waals surface area contributed by atoms with E-state index in [2.05, 4.69) is 10.2 Å². The van der Waals surface area contributed by atoms with E-state index in [-0.39, 0.29) is 0 Å². The molecule has 22 heavy (non-hydrogen) atoms. The van der Waals surface area contributed by atoms with Crippen molar-refractivity contribution < 1.29 is 13.2 Å². The van der Waals surface area contributed by atoms with Crippen molar-refractivity contribution >= 4 is 29.0 Å². The number of halogens is 4. The van der Waals surface area contributed by atoms with Crippen LogP contribution in [0.3, 0.4) is 0 Å². The maximum absolute atomic E-state index is 12.8. The summed E-state index contributed by atoms with van der Waals surface area (Å²) in [7, 11) is 0. The van der Waals surface area contributed by atoms with Crippen molar-refractivity contribution in [3.8, 4) is 0 Å². The normalized spacial score (nSPS) is 12.0. The minimum absolute atomic E-state index is 0.370. The van der Waals surface area contributed by atoms with Crippen LogP contribution in [-0.4, -0.2) is 14.6 Å². The minimum Gasteiger partial charge on any atom is -0.277 e. The van der Waals surface area contributed by atoms with Gasteiger partial charge in [0.25, 0.3) is 0 Å². The fraction of sp³-hybridized carbons (Fsp3) is 0.143. The molecule has 114 valence electrons. The molecule has 0 aliphatic carbocycles. The van der Waals surface area contributed by atoms with Gasteiger partial charge in [-0.15, -0.1) is 10.2 Å². The van der Waals surface area contributed by atoms with Gasteiger partial charge in [-0.2, -0.15) is 13.2 Å². The largest absolute Gasteiger partial charge is 0.417 e. The number of alkyl halides is 3. The summed E-state index contributed by atoms with van der Waals surface area (Å²) in [5.74, 6) is 0.497. The second-order valence-electron chi connectivity index (χ2n) is 4.51. The van der Waals surface area contributed by atoms with Crippen LogP contribution in [-0.2, 0) is 11.9 Å². The summed E-state index contributed by atoms with van der Waals surface area (Å²) in [6.07, 6.45) is -3.40. The number of pyridine rings is 1. The van der Waals surface area contributed by atoms with E-state index in [1.165, 1.54) is 22.2 Å². The van der Waals surface area contributed by atoms with Gasteiger partial charge < -0.3 is 0 Å². The summed E-state index contributed by atoms with van der Waals surface area (Å²) in [4.78, 5) is 0.